The summed E-state index contributed by atoms with van der Waals surface area (Å²) in [6.07, 6.45) is 6.79. The van der Waals surface area contributed by atoms with Crippen LogP contribution in [-0.4, -0.2) is 47.1 Å². The van der Waals surface area contributed by atoms with Crippen LogP contribution in [0.2, 0.25) is 0 Å². The summed E-state index contributed by atoms with van der Waals surface area (Å²) >= 11 is 0. The van der Waals surface area contributed by atoms with E-state index in [1.165, 1.54) is 43.5 Å². The molecule has 30 heavy (non-hydrogen) atoms. The molecule has 2 heterocycles. The summed E-state index contributed by atoms with van der Waals surface area (Å²) in [5.74, 6) is 0.706. The second-order valence-electron chi connectivity index (χ2n) is 7.53. The summed E-state index contributed by atoms with van der Waals surface area (Å²) in [7, 11) is 0. The van der Waals surface area contributed by atoms with E-state index in [1.807, 2.05) is 19.1 Å². The summed E-state index contributed by atoms with van der Waals surface area (Å²) in [5, 5.41) is 16.8. The molecular formula is C23H34IN5O. The zero-order valence-corrected chi connectivity index (χ0v) is 20.1. The van der Waals surface area contributed by atoms with Gasteiger partial charge in [-0.05, 0) is 61.7 Å². The summed E-state index contributed by atoms with van der Waals surface area (Å²) in [4.78, 5) is 11.2. The molecule has 1 unspecified atom stereocenters. The third-order valence-electron chi connectivity index (χ3n) is 5.20. The van der Waals surface area contributed by atoms with Crippen molar-refractivity contribution in [1.29, 1.82) is 0 Å². The van der Waals surface area contributed by atoms with Crippen LogP contribution in [0.3, 0.4) is 0 Å². The van der Waals surface area contributed by atoms with Crippen LogP contribution in [-0.2, 0) is 13.1 Å². The van der Waals surface area contributed by atoms with E-state index in [2.05, 4.69) is 49.8 Å². The van der Waals surface area contributed by atoms with Crippen molar-refractivity contribution in [1.82, 2.24) is 20.5 Å². The minimum absolute atomic E-state index is 0. The number of pyridine rings is 1. The number of guanidine groups is 1. The van der Waals surface area contributed by atoms with Crippen LogP contribution >= 0.6 is 24.0 Å². The van der Waals surface area contributed by atoms with Gasteiger partial charge >= 0.3 is 0 Å². The number of hydrogen-bond donors (Lipinski definition) is 3. The van der Waals surface area contributed by atoms with Gasteiger partial charge < -0.3 is 15.7 Å². The largest absolute Gasteiger partial charge is 0.387 e. The zero-order valence-electron chi connectivity index (χ0n) is 17.8. The molecule has 0 radical (unpaired) electrons. The molecule has 0 spiro atoms. The molecule has 1 fully saturated rings. The Morgan fingerprint density at radius 1 is 1.03 bits per heavy atom. The van der Waals surface area contributed by atoms with Gasteiger partial charge in [-0.1, -0.05) is 30.7 Å². The first-order valence-electron chi connectivity index (χ1n) is 10.6. The zero-order chi connectivity index (χ0) is 20.3. The number of benzene rings is 1. The lowest BCUT2D eigenvalue weighted by Crippen LogP contribution is -2.39. The maximum Gasteiger partial charge on any atom is 0.191 e. The fourth-order valence-corrected chi connectivity index (χ4v) is 3.53. The summed E-state index contributed by atoms with van der Waals surface area (Å²) in [5.41, 5.74) is 3.39. The first-order valence-corrected chi connectivity index (χ1v) is 10.6. The first-order chi connectivity index (χ1) is 14.2. The minimum atomic E-state index is -0.601. The third kappa shape index (κ3) is 8.20. The molecule has 3 rings (SSSR count). The average molecular weight is 523 g/mol. The molecule has 1 aliphatic rings. The molecule has 0 amide bonds. The van der Waals surface area contributed by atoms with Gasteiger partial charge in [-0.15, -0.1) is 24.0 Å². The van der Waals surface area contributed by atoms with Crippen molar-refractivity contribution < 1.29 is 5.11 Å². The molecule has 1 aliphatic heterocycles. The Morgan fingerprint density at radius 3 is 2.37 bits per heavy atom. The van der Waals surface area contributed by atoms with Crippen molar-refractivity contribution in [2.24, 2.45) is 4.99 Å². The van der Waals surface area contributed by atoms with Crippen LogP contribution in [0.25, 0.3) is 0 Å². The number of aliphatic hydroxyl groups is 1. The van der Waals surface area contributed by atoms with Crippen LogP contribution < -0.4 is 10.6 Å². The van der Waals surface area contributed by atoms with Crippen molar-refractivity contribution in [3.8, 4) is 0 Å². The number of likely N-dealkylation sites (tertiary alicyclic amines) is 1. The Hall–Kier alpha value is -1.71. The monoisotopic (exact) mass is 523 g/mol. The van der Waals surface area contributed by atoms with E-state index >= 15 is 0 Å². The molecule has 164 valence electrons. The predicted octanol–water partition coefficient (Wildman–Crippen LogP) is 3.47. The van der Waals surface area contributed by atoms with E-state index in [0.717, 1.165) is 18.7 Å². The maximum atomic E-state index is 10.3. The van der Waals surface area contributed by atoms with E-state index in [4.69, 9.17) is 0 Å². The van der Waals surface area contributed by atoms with E-state index in [1.54, 1.807) is 12.4 Å². The highest BCUT2D eigenvalue weighted by molar-refractivity contribution is 14.0. The minimum Gasteiger partial charge on any atom is -0.387 e. The van der Waals surface area contributed by atoms with Crippen LogP contribution in [0, 0.1) is 0 Å². The van der Waals surface area contributed by atoms with Crippen LogP contribution in [0.5, 0.6) is 0 Å². The van der Waals surface area contributed by atoms with Crippen LogP contribution in [0.15, 0.2) is 53.8 Å². The van der Waals surface area contributed by atoms with Crippen LogP contribution in [0.1, 0.15) is 49.0 Å². The van der Waals surface area contributed by atoms with Gasteiger partial charge in [0.25, 0.3) is 0 Å². The fourth-order valence-electron chi connectivity index (χ4n) is 3.53. The fraction of sp³-hybridized carbons (Fsp3) is 0.478. The van der Waals surface area contributed by atoms with Gasteiger partial charge in [0.15, 0.2) is 5.96 Å². The summed E-state index contributed by atoms with van der Waals surface area (Å²) in [6, 6.07) is 12.4. The molecule has 0 saturated carbocycles. The molecule has 0 aliphatic carbocycles. The van der Waals surface area contributed by atoms with Gasteiger partial charge in [0, 0.05) is 32.0 Å². The van der Waals surface area contributed by atoms with Crippen molar-refractivity contribution in [2.45, 2.75) is 45.4 Å². The number of aliphatic imine (C=N–C) groups is 1. The molecule has 7 heteroatoms. The van der Waals surface area contributed by atoms with E-state index in [0.29, 0.717) is 19.0 Å². The van der Waals surface area contributed by atoms with Gasteiger partial charge in [0.1, 0.15) is 0 Å². The van der Waals surface area contributed by atoms with Crippen molar-refractivity contribution in [2.75, 3.05) is 26.2 Å². The second kappa shape index (κ2) is 13.6. The van der Waals surface area contributed by atoms with Gasteiger partial charge in [-0.25, -0.2) is 4.99 Å². The number of halogens is 1. The number of nitrogens with one attached hydrogen (secondary N) is 2. The molecular weight excluding hydrogens is 489 g/mol. The number of aromatic nitrogens is 1. The lowest BCUT2D eigenvalue weighted by Gasteiger charge is -2.26. The normalized spacial score (nSPS) is 15.9. The molecule has 6 nitrogen and oxygen atoms in total. The second-order valence-corrected chi connectivity index (χ2v) is 7.53. The number of hydrogen-bond acceptors (Lipinski definition) is 4. The Bertz CT molecular complexity index is 748. The molecule has 2 aromatic rings. The Kier molecular flexibility index (Phi) is 11.1. The molecule has 1 saturated heterocycles. The van der Waals surface area contributed by atoms with Gasteiger partial charge in [0.05, 0.1) is 12.6 Å². The SMILES string of the molecule is CCNC(=NCc1ccc(CN2CCCCC2)cc1)NCC(O)c1ccncc1.I. The van der Waals surface area contributed by atoms with Crippen LogP contribution in [0.4, 0.5) is 0 Å². The summed E-state index contributed by atoms with van der Waals surface area (Å²) in [6.45, 7) is 7.28. The molecule has 1 aromatic heterocycles. The molecule has 1 atom stereocenters. The van der Waals surface area contributed by atoms with Gasteiger partial charge in [-0.2, -0.15) is 0 Å². The van der Waals surface area contributed by atoms with Crippen molar-refractivity contribution >= 4 is 29.9 Å². The van der Waals surface area contributed by atoms with Crippen molar-refractivity contribution in [3.63, 3.8) is 0 Å². The molecule has 3 N–H and O–H groups in total. The number of aliphatic hydroxyl groups excluding tert-OH is 1. The molecule has 0 bridgehead atoms. The quantitative estimate of drug-likeness (QED) is 0.281. The highest BCUT2D eigenvalue weighted by atomic mass is 127. The van der Waals surface area contributed by atoms with E-state index in [-0.39, 0.29) is 24.0 Å². The van der Waals surface area contributed by atoms with E-state index in [9.17, 15) is 5.11 Å². The lowest BCUT2D eigenvalue weighted by atomic mass is 10.1. The van der Waals surface area contributed by atoms with E-state index < -0.39 is 6.10 Å². The Balaban J connectivity index is 0.00000320. The topological polar surface area (TPSA) is 72.8 Å². The highest BCUT2D eigenvalue weighted by Gasteiger charge is 2.10. The lowest BCUT2D eigenvalue weighted by molar-refractivity contribution is 0.180. The third-order valence-corrected chi connectivity index (χ3v) is 5.20. The molecule has 1 aromatic carbocycles. The maximum absolute atomic E-state index is 10.3. The first kappa shape index (κ1) is 24.6. The number of nitrogens with zero attached hydrogens (tertiary/aromatic N) is 3. The average Bonchev–Trinajstić information content (AvgIpc) is 2.78. The Morgan fingerprint density at radius 2 is 1.70 bits per heavy atom. The smallest absolute Gasteiger partial charge is 0.191 e. The number of rotatable bonds is 8. The predicted molar refractivity (Wildman–Crippen MR) is 133 cm³/mol. The van der Waals surface area contributed by atoms with Crippen molar-refractivity contribution in [3.05, 3.63) is 65.5 Å². The highest BCUT2D eigenvalue weighted by Crippen LogP contribution is 2.14. The summed E-state index contributed by atoms with van der Waals surface area (Å²) < 4.78 is 0. The standard InChI is InChI=1S/C23H33N5O.HI/c1-2-25-23(27-17-22(29)21-10-12-24-13-11-21)26-16-19-6-8-20(9-7-19)18-28-14-4-3-5-15-28;/h6-13,22,29H,2-5,14-18H2,1H3,(H2,25,26,27);1H. The van der Waals surface area contributed by atoms with Gasteiger partial charge in [0.2, 0.25) is 0 Å². The Labute approximate surface area is 197 Å². The van der Waals surface area contributed by atoms with Gasteiger partial charge in [-0.3, -0.25) is 9.88 Å². The number of piperidine rings is 1.